The van der Waals surface area contributed by atoms with Crippen LogP contribution in [0.1, 0.15) is 63.9 Å². The number of rotatable bonds is 7. The molecule has 0 unspecified atom stereocenters. The van der Waals surface area contributed by atoms with Crippen molar-refractivity contribution in [2.75, 3.05) is 24.5 Å². The highest BCUT2D eigenvalue weighted by Crippen LogP contribution is 2.41. The van der Waals surface area contributed by atoms with Crippen molar-refractivity contribution < 1.29 is 28.8 Å². The van der Waals surface area contributed by atoms with Gasteiger partial charge < -0.3 is 24.6 Å². The standard InChI is InChI=1S/C35H38Cl2N4O6/c1-34(2,3)23(32(43)44)17-21-9-7-12-26-22(21)14-16-41(26)30(42)28-29(27-24(36)10-8-11-25(27)37)39-47-31(28)40-15-13-20(19-40)18-38-33(45)46-35(4,5)6/h7-12,14,16-17,20H,13,15,18-19H2,1-6H3,(H,38,45)(H,43,44)/b23-17-/t20-/m1/s1. The SMILES string of the molecule is CC(C)(C)OC(=O)NC[C@H]1CCN(c2onc(-c3c(Cl)cccc3Cl)c2C(=O)n2ccc3c(/C=C(/C(=O)O)C(C)(C)C)cccc32)C1. The number of anilines is 1. The molecule has 2 aromatic carbocycles. The van der Waals surface area contributed by atoms with E-state index in [0.717, 1.165) is 6.42 Å². The minimum Gasteiger partial charge on any atom is -0.478 e. The molecule has 1 aliphatic rings. The van der Waals surface area contributed by atoms with Crippen LogP contribution in [-0.4, -0.2) is 58.0 Å². The molecule has 0 radical (unpaired) electrons. The first-order chi connectivity index (χ1) is 22.0. The number of aliphatic carboxylic acids is 1. The van der Waals surface area contributed by atoms with Gasteiger partial charge in [0.05, 0.1) is 15.6 Å². The predicted molar refractivity (Wildman–Crippen MR) is 183 cm³/mol. The Hall–Kier alpha value is -4.28. The van der Waals surface area contributed by atoms with Crippen molar-refractivity contribution in [3.8, 4) is 11.3 Å². The van der Waals surface area contributed by atoms with Crippen molar-refractivity contribution in [1.82, 2.24) is 15.0 Å². The van der Waals surface area contributed by atoms with Gasteiger partial charge in [0.15, 0.2) is 0 Å². The van der Waals surface area contributed by atoms with Gasteiger partial charge in [0, 0.05) is 42.4 Å². The monoisotopic (exact) mass is 680 g/mol. The zero-order chi connectivity index (χ0) is 34.3. The van der Waals surface area contributed by atoms with Gasteiger partial charge in [-0.1, -0.05) is 67.3 Å². The zero-order valence-electron chi connectivity index (χ0n) is 27.2. The molecule has 0 aliphatic carbocycles. The summed E-state index contributed by atoms with van der Waals surface area (Å²) < 4.78 is 12.8. The quantitative estimate of drug-likeness (QED) is 0.187. The summed E-state index contributed by atoms with van der Waals surface area (Å²) in [4.78, 5) is 40.9. The van der Waals surface area contributed by atoms with E-state index in [4.69, 9.17) is 32.5 Å². The second-order valence-electron chi connectivity index (χ2n) is 13.7. The maximum atomic E-state index is 14.6. The largest absolute Gasteiger partial charge is 0.478 e. The molecule has 0 spiro atoms. The topological polar surface area (TPSA) is 127 Å². The second-order valence-corrected chi connectivity index (χ2v) is 14.5. The predicted octanol–water partition coefficient (Wildman–Crippen LogP) is 8.16. The van der Waals surface area contributed by atoms with Crippen LogP contribution in [0.5, 0.6) is 0 Å². The van der Waals surface area contributed by atoms with Crippen molar-refractivity contribution >= 4 is 64.0 Å². The van der Waals surface area contributed by atoms with E-state index in [1.807, 2.05) is 31.7 Å². The molecule has 1 aliphatic heterocycles. The summed E-state index contributed by atoms with van der Waals surface area (Å²) in [6.45, 7) is 12.4. The summed E-state index contributed by atoms with van der Waals surface area (Å²) in [7, 11) is 0. The van der Waals surface area contributed by atoms with E-state index in [2.05, 4.69) is 10.5 Å². The highest BCUT2D eigenvalue weighted by Gasteiger charge is 2.35. The van der Waals surface area contributed by atoms with Crippen LogP contribution in [0.4, 0.5) is 10.7 Å². The number of amides is 1. The van der Waals surface area contributed by atoms with E-state index >= 15 is 0 Å². The third kappa shape index (κ3) is 7.34. The van der Waals surface area contributed by atoms with Crippen LogP contribution in [0, 0.1) is 11.3 Å². The van der Waals surface area contributed by atoms with Crippen molar-refractivity contribution in [3.05, 3.63) is 75.4 Å². The number of aromatic nitrogens is 2. The van der Waals surface area contributed by atoms with E-state index in [0.29, 0.717) is 51.7 Å². The normalized spacial score (nSPS) is 15.7. The molecule has 4 aromatic rings. The Morgan fingerprint density at radius 2 is 1.74 bits per heavy atom. The number of carbonyl (C=O) groups is 3. The molecular weight excluding hydrogens is 643 g/mol. The first kappa shape index (κ1) is 34.1. The number of nitrogens with zero attached hydrogens (tertiary/aromatic N) is 3. The number of halogens is 2. The number of ether oxygens (including phenoxy) is 1. The fraction of sp³-hybridized carbons (Fsp3) is 0.371. The van der Waals surface area contributed by atoms with Gasteiger partial charge >= 0.3 is 12.1 Å². The molecule has 1 atom stereocenters. The van der Waals surface area contributed by atoms with Gasteiger partial charge in [-0.25, -0.2) is 9.59 Å². The number of hydrogen-bond acceptors (Lipinski definition) is 7. The van der Waals surface area contributed by atoms with Crippen LogP contribution in [0.3, 0.4) is 0 Å². The van der Waals surface area contributed by atoms with E-state index in [1.165, 1.54) is 4.57 Å². The van der Waals surface area contributed by atoms with Gasteiger partial charge in [-0.05, 0) is 74.4 Å². The van der Waals surface area contributed by atoms with Gasteiger partial charge in [0.25, 0.3) is 5.91 Å². The van der Waals surface area contributed by atoms with Gasteiger partial charge in [0.1, 0.15) is 16.9 Å². The van der Waals surface area contributed by atoms with Gasteiger partial charge in [0.2, 0.25) is 5.88 Å². The summed E-state index contributed by atoms with van der Waals surface area (Å²) in [5, 5.41) is 18.4. The maximum absolute atomic E-state index is 14.6. The summed E-state index contributed by atoms with van der Waals surface area (Å²) in [6, 6.07) is 12.2. The smallest absolute Gasteiger partial charge is 0.407 e. The minimum atomic E-state index is -1.01. The average Bonchev–Trinajstić information content (AvgIpc) is 3.71. The number of nitrogens with one attached hydrogen (secondary N) is 1. The Morgan fingerprint density at radius 1 is 1.06 bits per heavy atom. The Labute approximate surface area is 283 Å². The fourth-order valence-electron chi connectivity index (χ4n) is 5.68. The Kier molecular flexibility index (Phi) is 9.48. The van der Waals surface area contributed by atoms with Crippen molar-refractivity contribution in [2.24, 2.45) is 11.3 Å². The van der Waals surface area contributed by atoms with Crippen molar-refractivity contribution in [3.63, 3.8) is 0 Å². The third-order valence-corrected chi connectivity index (χ3v) is 8.55. The Balaban J connectivity index is 1.54. The molecule has 248 valence electrons. The molecular formula is C35H38Cl2N4O6. The first-order valence-electron chi connectivity index (χ1n) is 15.3. The molecule has 10 nitrogen and oxygen atoms in total. The van der Waals surface area contributed by atoms with Crippen LogP contribution in [0.15, 0.2) is 58.8 Å². The maximum Gasteiger partial charge on any atom is 0.407 e. The lowest BCUT2D eigenvalue weighted by atomic mass is 9.85. The molecule has 2 aromatic heterocycles. The lowest BCUT2D eigenvalue weighted by molar-refractivity contribution is -0.133. The van der Waals surface area contributed by atoms with E-state index < -0.39 is 29.0 Å². The van der Waals surface area contributed by atoms with E-state index in [1.54, 1.807) is 69.4 Å². The second kappa shape index (κ2) is 13.1. The molecule has 5 rings (SSSR count). The van der Waals surface area contributed by atoms with Crippen LogP contribution >= 0.6 is 23.2 Å². The molecule has 1 fully saturated rings. The average molecular weight is 682 g/mol. The number of carboxylic acids is 1. The molecule has 0 saturated carbocycles. The van der Waals surface area contributed by atoms with E-state index in [9.17, 15) is 19.5 Å². The lowest BCUT2D eigenvalue weighted by Gasteiger charge is -2.21. The van der Waals surface area contributed by atoms with Crippen LogP contribution in [-0.2, 0) is 9.53 Å². The molecule has 0 bridgehead atoms. The van der Waals surface area contributed by atoms with Crippen LogP contribution in [0.25, 0.3) is 28.2 Å². The Morgan fingerprint density at radius 3 is 2.38 bits per heavy atom. The highest BCUT2D eigenvalue weighted by molar-refractivity contribution is 6.39. The first-order valence-corrected chi connectivity index (χ1v) is 16.1. The number of hydrogen-bond donors (Lipinski definition) is 2. The number of alkyl carbamates (subject to hydrolysis) is 1. The summed E-state index contributed by atoms with van der Waals surface area (Å²) >= 11 is 13.2. The van der Waals surface area contributed by atoms with Crippen LogP contribution < -0.4 is 10.2 Å². The number of carbonyl (C=O) groups excluding carboxylic acids is 2. The van der Waals surface area contributed by atoms with Gasteiger partial charge in [-0.3, -0.25) is 9.36 Å². The fourth-order valence-corrected chi connectivity index (χ4v) is 6.26. The lowest BCUT2D eigenvalue weighted by Crippen LogP contribution is -2.36. The van der Waals surface area contributed by atoms with Gasteiger partial charge in [-0.15, -0.1) is 0 Å². The minimum absolute atomic E-state index is 0.0657. The molecule has 12 heteroatoms. The third-order valence-electron chi connectivity index (χ3n) is 7.92. The number of carboxylic acid groups (broad SMARTS) is 1. The summed E-state index contributed by atoms with van der Waals surface area (Å²) in [5.41, 5.74) is 1.02. The zero-order valence-corrected chi connectivity index (χ0v) is 28.7. The van der Waals surface area contributed by atoms with Gasteiger partial charge in [-0.2, -0.15) is 0 Å². The summed E-state index contributed by atoms with van der Waals surface area (Å²) in [6.07, 6.45) is 3.53. The number of benzene rings is 2. The molecule has 47 heavy (non-hydrogen) atoms. The molecule has 1 saturated heterocycles. The molecule has 1 amide bonds. The van der Waals surface area contributed by atoms with Crippen molar-refractivity contribution in [2.45, 2.75) is 53.6 Å². The van der Waals surface area contributed by atoms with Crippen LogP contribution in [0.2, 0.25) is 10.0 Å². The molecule has 3 heterocycles. The Bertz CT molecular complexity index is 1860. The molecule has 2 N–H and O–H groups in total. The highest BCUT2D eigenvalue weighted by atomic mass is 35.5. The summed E-state index contributed by atoms with van der Waals surface area (Å²) in [5.74, 6) is -1.10. The van der Waals surface area contributed by atoms with E-state index in [-0.39, 0.29) is 28.6 Å². The van der Waals surface area contributed by atoms with Crippen molar-refractivity contribution in [1.29, 1.82) is 0 Å². The number of fused-ring (bicyclic) bond motifs is 1.